The number of carbonyl (C=O) groups excluding carboxylic acids is 1. The molecule has 0 fully saturated rings. The zero-order chi connectivity index (χ0) is 12.3. The summed E-state index contributed by atoms with van der Waals surface area (Å²) >= 11 is 0. The number of rotatable bonds is 2. The molecule has 1 aromatic rings. The zero-order valence-corrected chi connectivity index (χ0v) is 10.2. The van der Waals surface area contributed by atoms with Crippen LogP contribution in [-0.4, -0.2) is 26.2 Å². The highest BCUT2D eigenvalue weighted by molar-refractivity contribution is 5.90. The van der Waals surface area contributed by atoms with E-state index in [0.717, 1.165) is 25.1 Å². The summed E-state index contributed by atoms with van der Waals surface area (Å²) in [5, 5.41) is 4.29. The Morgan fingerprint density at radius 3 is 2.88 bits per heavy atom. The molecule has 0 saturated heterocycles. The highest BCUT2D eigenvalue weighted by Crippen LogP contribution is 2.24. The second kappa shape index (κ2) is 5.15. The minimum absolute atomic E-state index is 0.285. The number of methoxy groups -OCH3 is 1. The molecule has 0 aromatic heterocycles. The Bertz CT molecular complexity index is 463. The molecule has 1 aliphatic heterocycles. The van der Waals surface area contributed by atoms with Gasteiger partial charge in [-0.1, -0.05) is 12.1 Å². The number of hydrogen-bond donors (Lipinski definition) is 0. The normalized spacial score (nSPS) is 15.3. The number of esters is 1. The van der Waals surface area contributed by atoms with Crippen molar-refractivity contribution >= 4 is 11.5 Å². The van der Waals surface area contributed by atoms with Crippen molar-refractivity contribution in [3.8, 4) is 0 Å². The largest absolute Gasteiger partial charge is 0.465 e. The number of aryl methyl sites for hydroxylation is 1. The van der Waals surface area contributed by atoms with E-state index in [2.05, 4.69) is 18.3 Å². The lowest BCUT2D eigenvalue weighted by atomic mass is 9.94. The van der Waals surface area contributed by atoms with Gasteiger partial charge in [-0.25, -0.2) is 10.1 Å². The van der Waals surface area contributed by atoms with E-state index in [-0.39, 0.29) is 5.97 Å². The summed E-state index contributed by atoms with van der Waals surface area (Å²) in [7, 11) is 1.40. The van der Waals surface area contributed by atoms with Crippen molar-refractivity contribution in [3.05, 3.63) is 41.0 Å². The minimum atomic E-state index is -0.285. The van der Waals surface area contributed by atoms with E-state index in [1.807, 2.05) is 12.1 Å². The van der Waals surface area contributed by atoms with Crippen molar-refractivity contribution in [2.75, 3.05) is 20.2 Å². The van der Waals surface area contributed by atoms with Crippen LogP contribution in [0.1, 0.15) is 27.9 Å². The number of carbonyl (C=O) groups is 1. The van der Waals surface area contributed by atoms with Gasteiger partial charge in [0, 0.05) is 13.1 Å². The third kappa shape index (κ3) is 2.56. The van der Waals surface area contributed by atoms with Crippen molar-refractivity contribution in [2.45, 2.75) is 13.3 Å². The molecule has 1 aromatic carbocycles. The fraction of sp³-hybridized carbons (Fsp3) is 0.357. The molecule has 0 atom stereocenters. The molecule has 0 spiro atoms. The lowest BCUT2D eigenvalue weighted by Gasteiger charge is -2.15. The predicted octanol–water partition coefficient (Wildman–Crippen LogP) is 2.17. The standard InChI is InChI=1S/C14H16NO2/c1-10-3-4-12(14(16)17-2)9-13(10)11-5-7-15-8-6-11/h3-5,9H,6-8H2,1-2H3. The molecule has 0 saturated carbocycles. The molecule has 2 rings (SSSR count). The maximum Gasteiger partial charge on any atom is 0.337 e. The maximum absolute atomic E-state index is 11.5. The molecule has 0 aliphatic carbocycles. The summed E-state index contributed by atoms with van der Waals surface area (Å²) in [6.07, 6.45) is 3.08. The molecule has 1 aliphatic rings. The van der Waals surface area contributed by atoms with Crippen molar-refractivity contribution in [2.24, 2.45) is 0 Å². The first-order valence-electron chi connectivity index (χ1n) is 5.74. The molecule has 0 amide bonds. The molecule has 0 unspecified atom stereocenters. The minimum Gasteiger partial charge on any atom is -0.465 e. The average molecular weight is 230 g/mol. The topological polar surface area (TPSA) is 40.4 Å². The molecular formula is C14H16NO2. The molecule has 0 bridgehead atoms. The van der Waals surface area contributed by atoms with Gasteiger partial charge in [0.05, 0.1) is 12.7 Å². The zero-order valence-electron chi connectivity index (χ0n) is 10.2. The quantitative estimate of drug-likeness (QED) is 0.730. The summed E-state index contributed by atoms with van der Waals surface area (Å²) < 4.78 is 4.74. The molecule has 3 heteroatoms. The van der Waals surface area contributed by atoms with E-state index in [9.17, 15) is 4.79 Å². The van der Waals surface area contributed by atoms with Crippen LogP contribution >= 0.6 is 0 Å². The molecular weight excluding hydrogens is 214 g/mol. The van der Waals surface area contributed by atoms with Gasteiger partial charge >= 0.3 is 5.97 Å². The van der Waals surface area contributed by atoms with Crippen molar-refractivity contribution in [1.82, 2.24) is 5.32 Å². The highest BCUT2D eigenvalue weighted by Gasteiger charge is 2.12. The van der Waals surface area contributed by atoms with E-state index < -0.39 is 0 Å². The molecule has 0 N–H and O–H groups in total. The fourth-order valence-corrected chi connectivity index (χ4v) is 2.03. The summed E-state index contributed by atoms with van der Waals surface area (Å²) in [4.78, 5) is 11.5. The third-order valence-corrected chi connectivity index (χ3v) is 3.01. The third-order valence-electron chi connectivity index (χ3n) is 3.01. The van der Waals surface area contributed by atoms with Gasteiger partial charge < -0.3 is 4.74 Å². The lowest BCUT2D eigenvalue weighted by Crippen LogP contribution is -2.13. The van der Waals surface area contributed by atoms with Gasteiger partial charge in [0.15, 0.2) is 0 Å². The van der Waals surface area contributed by atoms with Crippen LogP contribution in [0.3, 0.4) is 0 Å². The fourth-order valence-electron chi connectivity index (χ4n) is 2.03. The van der Waals surface area contributed by atoms with Crippen LogP contribution < -0.4 is 5.32 Å². The van der Waals surface area contributed by atoms with Crippen LogP contribution in [0.4, 0.5) is 0 Å². The first-order valence-corrected chi connectivity index (χ1v) is 5.74. The Balaban J connectivity index is 2.38. The number of nitrogens with zero attached hydrogens (tertiary/aromatic N) is 1. The lowest BCUT2D eigenvalue weighted by molar-refractivity contribution is 0.0600. The molecule has 3 nitrogen and oxygen atoms in total. The van der Waals surface area contributed by atoms with Crippen LogP contribution in [0.25, 0.3) is 5.57 Å². The average Bonchev–Trinajstić information content (AvgIpc) is 2.39. The van der Waals surface area contributed by atoms with Gasteiger partial charge in [0.1, 0.15) is 0 Å². The predicted molar refractivity (Wildman–Crippen MR) is 67.0 cm³/mol. The Kier molecular flexibility index (Phi) is 3.59. The highest BCUT2D eigenvalue weighted by atomic mass is 16.5. The summed E-state index contributed by atoms with van der Waals surface area (Å²) in [6.45, 7) is 3.70. The van der Waals surface area contributed by atoms with Crippen LogP contribution in [0, 0.1) is 6.92 Å². The van der Waals surface area contributed by atoms with Gasteiger partial charge in [0.2, 0.25) is 0 Å². The van der Waals surface area contributed by atoms with Crippen molar-refractivity contribution < 1.29 is 9.53 Å². The summed E-state index contributed by atoms with van der Waals surface area (Å²) in [5.74, 6) is -0.285. The molecule has 1 radical (unpaired) electrons. The number of ether oxygens (including phenoxy) is 1. The molecule has 1 heterocycles. The Hall–Kier alpha value is -1.61. The Labute approximate surface area is 101 Å². The smallest absolute Gasteiger partial charge is 0.337 e. The Morgan fingerprint density at radius 1 is 1.41 bits per heavy atom. The van der Waals surface area contributed by atoms with Gasteiger partial charge in [-0.05, 0) is 42.2 Å². The van der Waals surface area contributed by atoms with E-state index in [1.54, 1.807) is 6.07 Å². The van der Waals surface area contributed by atoms with Crippen LogP contribution in [0.2, 0.25) is 0 Å². The van der Waals surface area contributed by atoms with Gasteiger partial charge in [-0.3, -0.25) is 0 Å². The number of benzene rings is 1. The van der Waals surface area contributed by atoms with E-state index in [0.29, 0.717) is 5.56 Å². The van der Waals surface area contributed by atoms with Gasteiger partial charge in [-0.15, -0.1) is 0 Å². The monoisotopic (exact) mass is 230 g/mol. The van der Waals surface area contributed by atoms with Crippen LogP contribution in [-0.2, 0) is 4.74 Å². The first kappa shape index (κ1) is 11.9. The summed E-state index contributed by atoms with van der Waals surface area (Å²) in [6, 6.07) is 5.69. The van der Waals surface area contributed by atoms with Crippen molar-refractivity contribution in [3.63, 3.8) is 0 Å². The first-order chi connectivity index (χ1) is 8.22. The van der Waals surface area contributed by atoms with Gasteiger partial charge in [-0.2, -0.15) is 0 Å². The van der Waals surface area contributed by atoms with E-state index >= 15 is 0 Å². The van der Waals surface area contributed by atoms with E-state index in [1.165, 1.54) is 18.2 Å². The SMILES string of the molecule is COC(=O)c1ccc(C)c(C2=CC[N]CC2)c1. The van der Waals surface area contributed by atoms with Crippen LogP contribution in [0.15, 0.2) is 24.3 Å². The molecule has 17 heavy (non-hydrogen) atoms. The van der Waals surface area contributed by atoms with Gasteiger partial charge in [0.25, 0.3) is 0 Å². The Morgan fingerprint density at radius 2 is 2.24 bits per heavy atom. The second-order valence-electron chi connectivity index (χ2n) is 4.13. The number of hydrogen-bond acceptors (Lipinski definition) is 2. The van der Waals surface area contributed by atoms with Crippen LogP contribution in [0.5, 0.6) is 0 Å². The summed E-state index contributed by atoms with van der Waals surface area (Å²) in [5.41, 5.74) is 4.22. The van der Waals surface area contributed by atoms with E-state index in [4.69, 9.17) is 4.74 Å². The second-order valence-corrected chi connectivity index (χ2v) is 4.13. The maximum atomic E-state index is 11.5. The van der Waals surface area contributed by atoms with Crippen molar-refractivity contribution in [1.29, 1.82) is 0 Å². The molecule has 89 valence electrons.